The van der Waals surface area contributed by atoms with Gasteiger partial charge in [-0.25, -0.2) is 9.07 Å². The molecule has 0 aliphatic heterocycles. The van der Waals surface area contributed by atoms with Gasteiger partial charge < -0.3 is 10.6 Å². The molecule has 0 fully saturated rings. The van der Waals surface area contributed by atoms with Crippen molar-refractivity contribution in [3.05, 3.63) is 72.6 Å². The monoisotopic (exact) mass is 325 g/mol. The Balaban J connectivity index is 1.51. The first-order chi connectivity index (χ1) is 11.7. The van der Waals surface area contributed by atoms with E-state index in [-0.39, 0.29) is 18.3 Å². The molecule has 1 amide bonds. The molecule has 0 saturated heterocycles. The van der Waals surface area contributed by atoms with E-state index in [1.54, 1.807) is 47.7 Å². The maximum atomic E-state index is 13.2. The number of rotatable bonds is 6. The summed E-state index contributed by atoms with van der Waals surface area (Å²) in [6.07, 6.45) is 6.71. The second kappa shape index (κ2) is 7.36. The van der Waals surface area contributed by atoms with Gasteiger partial charge in [-0.1, -0.05) is 6.07 Å². The first-order valence-corrected chi connectivity index (χ1v) is 7.41. The number of amides is 1. The fraction of sp³-hybridized carbons (Fsp3) is 0.118. The fourth-order valence-corrected chi connectivity index (χ4v) is 2.12. The topological polar surface area (TPSA) is 71.8 Å². The summed E-state index contributed by atoms with van der Waals surface area (Å²) < 4.78 is 14.8. The Morgan fingerprint density at radius 1 is 1.21 bits per heavy atom. The van der Waals surface area contributed by atoms with Gasteiger partial charge in [-0.15, -0.1) is 0 Å². The molecule has 0 aliphatic rings. The van der Waals surface area contributed by atoms with Gasteiger partial charge >= 0.3 is 0 Å². The van der Waals surface area contributed by atoms with Crippen molar-refractivity contribution in [3.63, 3.8) is 0 Å². The number of anilines is 1. The summed E-state index contributed by atoms with van der Waals surface area (Å²) in [5, 5.41) is 9.95. The Hall–Kier alpha value is -3.22. The van der Waals surface area contributed by atoms with Gasteiger partial charge in [0.05, 0.1) is 24.1 Å². The third-order valence-corrected chi connectivity index (χ3v) is 3.31. The summed E-state index contributed by atoms with van der Waals surface area (Å²) in [5.74, 6) is -0.461. The van der Waals surface area contributed by atoms with Gasteiger partial charge in [-0.05, 0) is 30.3 Å². The normalized spacial score (nSPS) is 10.4. The standard InChI is InChI=1S/C17H16FN5O/c18-14-3-1-5-16(7-14)23-12-13(9-22-23)8-21-17(24)11-20-15-4-2-6-19-10-15/h1-7,9-10,12,20H,8,11H2,(H,21,24). The van der Waals surface area contributed by atoms with Crippen molar-refractivity contribution in [1.29, 1.82) is 0 Å². The second-order valence-corrected chi connectivity index (χ2v) is 5.15. The van der Waals surface area contributed by atoms with Crippen LogP contribution in [-0.4, -0.2) is 27.2 Å². The molecule has 122 valence electrons. The van der Waals surface area contributed by atoms with Crippen molar-refractivity contribution in [3.8, 4) is 5.69 Å². The summed E-state index contributed by atoms with van der Waals surface area (Å²) in [7, 11) is 0. The lowest BCUT2D eigenvalue weighted by Crippen LogP contribution is -2.29. The highest BCUT2D eigenvalue weighted by Gasteiger charge is 2.05. The third-order valence-electron chi connectivity index (χ3n) is 3.31. The third kappa shape index (κ3) is 4.16. The largest absolute Gasteiger partial charge is 0.375 e. The molecule has 3 aromatic rings. The minimum Gasteiger partial charge on any atom is -0.375 e. The molecule has 0 aliphatic carbocycles. The molecule has 3 rings (SSSR count). The lowest BCUT2D eigenvalue weighted by Gasteiger charge is -2.06. The molecule has 0 unspecified atom stereocenters. The van der Waals surface area contributed by atoms with E-state index in [9.17, 15) is 9.18 Å². The van der Waals surface area contributed by atoms with E-state index >= 15 is 0 Å². The molecule has 0 atom stereocenters. The van der Waals surface area contributed by atoms with Gasteiger partial charge in [0.2, 0.25) is 5.91 Å². The number of carbonyl (C=O) groups is 1. The Bertz CT molecular complexity index is 819. The molecule has 2 N–H and O–H groups in total. The van der Waals surface area contributed by atoms with E-state index in [0.717, 1.165) is 11.3 Å². The zero-order valence-electron chi connectivity index (χ0n) is 12.8. The zero-order valence-corrected chi connectivity index (χ0v) is 12.8. The maximum Gasteiger partial charge on any atom is 0.239 e. The van der Waals surface area contributed by atoms with Crippen LogP contribution in [0.3, 0.4) is 0 Å². The highest BCUT2D eigenvalue weighted by atomic mass is 19.1. The molecular weight excluding hydrogens is 309 g/mol. The molecule has 0 saturated carbocycles. The number of carbonyl (C=O) groups excluding carboxylic acids is 1. The predicted molar refractivity (Wildman–Crippen MR) is 88.1 cm³/mol. The number of benzene rings is 1. The Morgan fingerprint density at radius 2 is 2.12 bits per heavy atom. The van der Waals surface area contributed by atoms with Crippen LogP contribution in [-0.2, 0) is 11.3 Å². The first kappa shape index (κ1) is 15.7. The molecular formula is C17H16FN5O. The number of hydrogen-bond donors (Lipinski definition) is 2. The zero-order chi connectivity index (χ0) is 16.8. The molecule has 7 heteroatoms. The van der Waals surface area contributed by atoms with Gasteiger partial charge in [-0.2, -0.15) is 5.10 Å². The number of hydrogen-bond acceptors (Lipinski definition) is 4. The van der Waals surface area contributed by atoms with Crippen LogP contribution < -0.4 is 10.6 Å². The van der Waals surface area contributed by atoms with Crippen molar-refractivity contribution in [2.75, 3.05) is 11.9 Å². The second-order valence-electron chi connectivity index (χ2n) is 5.15. The number of nitrogens with zero attached hydrogens (tertiary/aromatic N) is 3. The van der Waals surface area contributed by atoms with Gasteiger partial charge in [0.1, 0.15) is 5.82 Å². The highest BCUT2D eigenvalue weighted by Crippen LogP contribution is 2.10. The minimum absolute atomic E-state index is 0.141. The smallest absolute Gasteiger partial charge is 0.239 e. The van der Waals surface area contributed by atoms with Crippen LogP contribution in [0.5, 0.6) is 0 Å². The highest BCUT2D eigenvalue weighted by molar-refractivity contribution is 5.80. The van der Waals surface area contributed by atoms with E-state index in [2.05, 4.69) is 20.7 Å². The van der Waals surface area contributed by atoms with Crippen LogP contribution in [0.1, 0.15) is 5.56 Å². The molecule has 2 aromatic heterocycles. The van der Waals surface area contributed by atoms with Crippen LogP contribution in [0.2, 0.25) is 0 Å². The maximum absolute atomic E-state index is 13.2. The molecule has 24 heavy (non-hydrogen) atoms. The molecule has 0 spiro atoms. The van der Waals surface area contributed by atoms with Crippen molar-refractivity contribution < 1.29 is 9.18 Å². The summed E-state index contributed by atoms with van der Waals surface area (Å²) in [6, 6.07) is 9.79. The molecule has 0 bridgehead atoms. The number of pyridine rings is 1. The van der Waals surface area contributed by atoms with Crippen LogP contribution in [0.4, 0.5) is 10.1 Å². The predicted octanol–water partition coefficient (Wildman–Crippen LogP) is 2.13. The van der Waals surface area contributed by atoms with Gasteiger partial charge in [0.15, 0.2) is 0 Å². The van der Waals surface area contributed by atoms with E-state index < -0.39 is 0 Å². The van der Waals surface area contributed by atoms with E-state index in [0.29, 0.717) is 12.2 Å². The average Bonchev–Trinajstić information content (AvgIpc) is 3.08. The summed E-state index contributed by atoms with van der Waals surface area (Å²) in [6.45, 7) is 0.507. The van der Waals surface area contributed by atoms with Crippen molar-refractivity contribution in [2.24, 2.45) is 0 Å². The molecule has 1 aromatic carbocycles. The van der Waals surface area contributed by atoms with Gasteiger partial charge in [-0.3, -0.25) is 9.78 Å². The quantitative estimate of drug-likeness (QED) is 0.728. The Morgan fingerprint density at radius 3 is 2.92 bits per heavy atom. The van der Waals surface area contributed by atoms with Crippen molar-refractivity contribution in [2.45, 2.75) is 6.54 Å². The minimum atomic E-state index is -0.320. The van der Waals surface area contributed by atoms with Crippen LogP contribution >= 0.6 is 0 Å². The molecule has 0 radical (unpaired) electrons. The Kier molecular flexibility index (Phi) is 4.81. The lowest BCUT2D eigenvalue weighted by molar-refractivity contribution is -0.119. The molecule has 6 nitrogen and oxygen atoms in total. The van der Waals surface area contributed by atoms with E-state index in [1.165, 1.54) is 12.1 Å². The Labute approximate surface area is 138 Å². The lowest BCUT2D eigenvalue weighted by atomic mass is 10.3. The van der Waals surface area contributed by atoms with Gasteiger partial charge in [0, 0.05) is 30.7 Å². The SMILES string of the molecule is O=C(CNc1cccnc1)NCc1cnn(-c2cccc(F)c2)c1. The summed E-state index contributed by atoms with van der Waals surface area (Å²) >= 11 is 0. The van der Waals surface area contributed by atoms with Crippen LogP contribution in [0, 0.1) is 5.82 Å². The van der Waals surface area contributed by atoms with E-state index in [4.69, 9.17) is 0 Å². The number of halogens is 1. The average molecular weight is 325 g/mol. The molecule has 2 heterocycles. The summed E-state index contributed by atoms with van der Waals surface area (Å²) in [4.78, 5) is 15.8. The summed E-state index contributed by atoms with van der Waals surface area (Å²) in [5.41, 5.74) is 2.24. The van der Waals surface area contributed by atoms with E-state index in [1.807, 2.05) is 6.07 Å². The van der Waals surface area contributed by atoms with Crippen molar-refractivity contribution in [1.82, 2.24) is 20.1 Å². The van der Waals surface area contributed by atoms with Crippen molar-refractivity contribution >= 4 is 11.6 Å². The van der Waals surface area contributed by atoms with Crippen LogP contribution in [0.15, 0.2) is 61.2 Å². The van der Waals surface area contributed by atoms with Crippen LogP contribution in [0.25, 0.3) is 5.69 Å². The first-order valence-electron chi connectivity index (χ1n) is 7.41. The van der Waals surface area contributed by atoms with Gasteiger partial charge in [0.25, 0.3) is 0 Å². The fourth-order valence-electron chi connectivity index (χ4n) is 2.12. The number of nitrogens with one attached hydrogen (secondary N) is 2. The number of aromatic nitrogens is 3.